The Kier molecular flexibility index (Phi) is 22.1. The molecule has 7 atom stereocenters. The highest BCUT2D eigenvalue weighted by Gasteiger charge is 2.50. The maximum atomic E-state index is 12.7. The Hall–Kier alpha value is -2.96. The zero-order chi connectivity index (χ0) is 46.8. The number of anilines is 1. The van der Waals surface area contributed by atoms with E-state index in [9.17, 15) is 57.9 Å². The summed E-state index contributed by atoms with van der Waals surface area (Å²) in [5.74, 6) is -1.14. The maximum absolute atomic E-state index is 12.7. The first-order chi connectivity index (χ1) is 29.6. The molecule has 3 heterocycles. The van der Waals surface area contributed by atoms with Gasteiger partial charge in [-0.1, -0.05) is 89.3 Å². The number of nitrogen functional groups attached to an aromatic ring is 1. The SMILES string of the molecule is CCCCCCCCC/C=C/C=C/C(=O)SCCNC(=O)CCNC(=O)C(O)C(C)(C)COP(=O)(O)OP(=O)(O)OCC1OC(n2cnc3c(N)ncnc32)C(O)C1OP(=O)(O)O. The van der Waals surface area contributed by atoms with Gasteiger partial charge in [0, 0.05) is 30.7 Å². The Bertz CT molecular complexity index is 2020. The van der Waals surface area contributed by atoms with Crippen molar-refractivity contribution >= 4 is 69.1 Å². The number of nitrogens with two attached hydrogens (primary N) is 1. The van der Waals surface area contributed by atoms with Crippen LogP contribution in [0, 0.1) is 5.41 Å². The number of hydrogen-bond donors (Lipinski definition) is 9. The molecule has 0 saturated carbocycles. The zero-order valence-electron chi connectivity index (χ0n) is 35.0. The predicted molar refractivity (Wildman–Crippen MR) is 228 cm³/mol. The van der Waals surface area contributed by atoms with Crippen molar-refractivity contribution in [1.29, 1.82) is 0 Å². The molecule has 2 aromatic rings. The topological polar surface area (TPSA) is 364 Å². The minimum Gasteiger partial charge on any atom is -0.386 e. The van der Waals surface area contributed by atoms with Gasteiger partial charge in [-0.3, -0.25) is 32.5 Å². The van der Waals surface area contributed by atoms with Crippen molar-refractivity contribution < 1.29 is 80.5 Å². The first-order valence-corrected chi connectivity index (χ1v) is 25.5. The van der Waals surface area contributed by atoms with Crippen molar-refractivity contribution in [3.63, 3.8) is 0 Å². The molecule has 3 rings (SSSR count). The Morgan fingerprint density at radius 1 is 0.984 bits per heavy atom. The molecule has 1 aliphatic rings. The van der Waals surface area contributed by atoms with Crippen molar-refractivity contribution in [1.82, 2.24) is 30.2 Å². The van der Waals surface area contributed by atoms with Gasteiger partial charge in [-0.25, -0.2) is 28.6 Å². The molecule has 0 aromatic carbocycles. The number of fused-ring (bicyclic) bond motifs is 1. The summed E-state index contributed by atoms with van der Waals surface area (Å²) < 4.78 is 62.3. The van der Waals surface area contributed by atoms with Gasteiger partial charge in [0.25, 0.3) is 0 Å². The maximum Gasteiger partial charge on any atom is 0.481 e. The van der Waals surface area contributed by atoms with Crippen LogP contribution in [0.15, 0.2) is 37.0 Å². The molecule has 1 aliphatic heterocycles. The van der Waals surface area contributed by atoms with Crippen molar-refractivity contribution in [2.45, 2.75) is 109 Å². The third-order valence-electron chi connectivity index (χ3n) is 9.20. The van der Waals surface area contributed by atoms with Gasteiger partial charge < -0.3 is 50.9 Å². The standard InChI is InChI=1S/C35H58N7O17P3S/c1-4-5-6-7-8-9-10-11-12-13-14-15-26(44)63-19-18-37-25(43)16-17-38-33(47)30(46)35(2,3)21-56-62(53,54)59-61(51,52)55-20-24-29(58-60(48,49)50)28(45)34(57-24)42-23-41-27-31(36)39-22-40-32(27)42/h12-15,22-24,28-30,34,45-46H,4-11,16-21H2,1-3H3,(H,37,43)(H,38,47)(H,51,52)(H,53,54)(H2,36,39,40)(H2,48,49,50)/b13-12+,15-14+. The van der Waals surface area contributed by atoms with Gasteiger partial charge in [0.15, 0.2) is 17.7 Å². The molecule has 1 saturated heterocycles. The third-order valence-corrected chi connectivity index (χ3v) is 13.1. The minimum atomic E-state index is -5.58. The lowest BCUT2D eigenvalue weighted by Gasteiger charge is -2.30. The molecule has 0 radical (unpaired) electrons. The third kappa shape index (κ3) is 19.2. The lowest BCUT2D eigenvalue weighted by molar-refractivity contribution is -0.137. The largest absolute Gasteiger partial charge is 0.481 e. The average molecular weight is 974 g/mol. The van der Waals surface area contributed by atoms with Gasteiger partial charge in [0.05, 0.1) is 19.5 Å². The van der Waals surface area contributed by atoms with Crippen LogP contribution in [0.3, 0.4) is 0 Å². The first-order valence-electron chi connectivity index (χ1n) is 19.9. The Morgan fingerprint density at radius 2 is 1.67 bits per heavy atom. The van der Waals surface area contributed by atoms with Gasteiger partial charge in [-0.2, -0.15) is 4.31 Å². The molecule has 0 bridgehead atoms. The molecule has 7 unspecified atom stereocenters. The number of allylic oxidation sites excluding steroid dienone is 3. The van der Waals surface area contributed by atoms with E-state index in [0.717, 1.165) is 41.8 Å². The lowest BCUT2D eigenvalue weighted by atomic mass is 9.87. The fourth-order valence-corrected chi connectivity index (χ4v) is 9.27. The summed E-state index contributed by atoms with van der Waals surface area (Å²) in [7, 11) is -16.4. The van der Waals surface area contributed by atoms with Crippen LogP contribution in [-0.4, -0.2) is 123 Å². The van der Waals surface area contributed by atoms with E-state index in [1.54, 1.807) is 6.08 Å². The van der Waals surface area contributed by atoms with Crippen molar-refractivity contribution in [2.24, 2.45) is 5.41 Å². The van der Waals surface area contributed by atoms with E-state index in [1.165, 1.54) is 58.4 Å². The molecule has 2 amide bonds. The summed E-state index contributed by atoms with van der Waals surface area (Å²) in [5.41, 5.74) is 4.27. The van der Waals surface area contributed by atoms with Crippen LogP contribution in [0.1, 0.15) is 84.8 Å². The second kappa shape index (κ2) is 25.7. The molecule has 0 spiro atoms. The van der Waals surface area contributed by atoms with Gasteiger partial charge in [0.1, 0.15) is 36.3 Å². The second-order valence-electron chi connectivity index (χ2n) is 14.9. The molecule has 1 fully saturated rings. The van der Waals surface area contributed by atoms with Crippen LogP contribution in [0.5, 0.6) is 0 Å². The number of rotatable bonds is 29. The number of amides is 2. The van der Waals surface area contributed by atoms with E-state index in [1.807, 2.05) is 12.2 Å². The molecule has 0 aliphatic carbocycles. The number of unbranched alkanes of at least 4 members (excludes halogenated alkanes) is 7. The van der Waals surface area contributed by atoms with E-state index >= 15 is 0 Å². The fraction of sp³-hybridized carbons (Fsp3) is 0.657. The number of aliphatic hydroxyl groups excluding tert-OH is 2. The number of carbonyl (C=O) groups excluding carboxylic acids is 3. The smallest absolute Gasteiger partial charge is 0.386 e. The van der Waals surface area contributed by atoms with Crippen LogP contribution in [0.4, 0.5) is 5.82 Å². The molecule has 356 valence electrons. The summed E-state index contributed by atoms with van der Waals surface area (Å²) >= 11 is 1.03. The summed E-state index contributed by atoms with van der Waals surface area (Å²) in [4.78, 5) is 88.0. The highest BCUT2D eigenvalue weighted by molar-refractivity contribution is 8.14. The highest BCUT2D eigenvalue weighted by Crippen LogP contribution is 2.61. The summed E-state index contributed by atoms with van der Waals surface area (Å²) in [5, 5.41) is 26.3. The van der Waals surface area contributed by atoms with Crippen molar-refractivity contribution in [3.8, 4) is 0 Å². The van der Waals surface area contributed by atoms with Crippen LogP contribution in [0.25, 0.3) is 11.2 Å². The number of nitrogens with one attached hydrogen (secondary N) is 2. The predicted octanol–water partition coefficient (Wildman–Crippen LogP) is 2.92. The molecule has 10 N–H and O–H groups in total. The van der Waals surface area contributed by atoms with E-state index in [2.05, 4.69) is 41.3 Å². The Labute approximate surface area is 368 Å². The average Bonchev–Trinajstić information content (AvgIpc) is 3.76. The second-order valence-corrected chi connectivity index (χ2v) is 20.3. The molecule has 28 heteroatoms. The van der Waals surface area contributed by atoms with Crippen molar-refractivity contribution in [3.05, 3.63) is 37.0 Å². The minimum absolute atomic E-state index is 0.0306. The number of carbonyl (C=O) groups is 3. The summed E-state index contributed by atoms with van der Waals surface area (Å²) in [6.07, 6.45) is 9.66. The Morgan fingerprint density at radius 3 is 2.37 bits per heavy atom. The molecule has 24 nitrogen and oxygen atoms in total. The van der Waals surface area contributed by atoms with Crippen LogP contribution >= 0.6 is 35.2 Å². The number of imidazole rings is 1. The fourth-order valence-electron chi connectivity index (χ4n) is 5.86. The van der Waals surface area contributed by atoms with Gasteiger partial charge >= 0.3 is 23.5 Å². The number of aliphatic hydroxyl groups is 2. The number of hydrogen-bond acceptors (Lipinski definition) is 18. The number of aromatic nitrogens is 4. The highest BCUT2D eigenvalue weighted by atomic mass is 32.2. The summed E-state index contributed by atoms with van der Waals surface area (Å²) in [6.45, 7) is 2.67. The molecular weight excluding hydrogens is 915 g/mol. The van der Waals surface area contributed by atoms with E-state index in [4.69, 9.17) is 19.5 Å². The van der Waals surface area contributed by atoms with Crippen molar-refractivity contribution in [2.75, 3.05) is 37.8 Å². The van der Waals surface area contributed by atoms with E-state index in [-0.39, 0.29) is 41.6 Å². The number of thioether (sulfide) groups is 1. The molecule has 63 heavy (non-hydrogen) atoms. The number of ether oxygens (including phenoxy) is 1. The molecular formula is C35H58N7O17P3S. The number of phosphoric ester groups is 3. The zero-order valence-corrected chi connectivity index (χ0v) is 38.5. The normalized spacial score (nSPS) is 20.8. The van der Waals surface area contributed by atoms with E-state index < -0.39 is 84.6 Å². The van der Waals surface area contributed by atoms with Crippen LogP contribution in [0.2, 0.25) is 0 Å². The van der Waals surface area contributed by atoms with Gasteiger partial charge in [0.2, 0.25) is 16.9 Å². The summed E-state index contributed by atoms with van der Waals surface area (Å²) in [6, 6.07) is 0. The quantitative estimate of drug-likeness (QED) is 0.0245. The molecule has 2 aromatic heterocycles. The lowest BCUT2D eigenvalue weighted by Crippen LogP contribution is -2.46. The van der Waals surface area contributed by atoms with Crippen LogP contribution < -0.4 is 16.4 Å². The first kappa shape index (κ1) is 54.4. The van der Waals surface area contributed by atoms with Gasteiger partial charge in [-0.05, 0) is 18.9 Å². The van der Waals surface area contributed by atoms with E-state index in [0.29, 0.717) is 5.75 Å². The monoisotopic (exact) mass is 973 g/mol. The van der Waals surface area contributed by atoms with Crippen LogP contribution in [-0.2, 0) is 50.7 Å². The Balaban J connectivity index is 1.38. The van der Waals surface area contributed by atoms with Gasteiger partial charge in [-0.15, -0.1) is 0 Å². The number of nitrogens with zero attached hydrogens (tertiary/aromatic N) is 4. The number of phosphoric acid groups is 3.